The summed E-state index contributed by atoms with van der Waals surface area (Å²) in [6, 6.07) is 13.8. The highest BCUT2D eigenvalue weighted by Crippen LogP contribution is 2.17. The van der Waals surface area contributed by atoms with Crippen LogP contribution in [0.4, 0.5) is 14.5 Å². The standard InChI is InChI=1S/C18H20F2N2O2/c1-12(22-15-4-2-3-14(11-15)17(21)23)5-6-13-7-9-16(10-8-13)24-18(19)20/h2-4,7-12,18,22H,5-6H2,1H3,(H2,21,23). The fraction of sp³-hybridized carbons (Fsp3) is 0.278. The molecular formula is C18H20F2N2O2. The van der Waals surface area contributed by atoms with Gasteiger partial charge in [0.1, 0.15) is 5.75 Å². The number of aryl methyl sites for hydroxylation is 1. The van der Waals surface area contributed by atoms with Gasteiger partial charge in [0.25, 0.3) is 0 Å². The van der Waals surface area contributed by atoms with Crippen LogP contribution in [0.25, 0.3) is 0 Å². The first-order chi connectivity index (χ1) is 11.4. The van der Waals surface area contributed by atoms with Crippen molar-refractivity contribution < 1.29 is 18.3 Å². The Hall–Kier alpha value is -2.63. The van der Waals surface area contributed by atoms with Gasteiger partial charge in [-0.2, -0.15) is 8.78 Å². The Labute approximate surface area is 139 Å². The number of alkyl halides is 2. The summed E-state index contributed by atoms with van der Waals surface area (Å²) < 4.78 is 28.5. The number of hydrogen-bond donors (Lipinski definition) is 2. The van der Waals surface area contributed by atoms with Crippen molar-refractivity contribution in [1.29, 1.82) is 0 Å². The Morgan fingerprint density at radius 3 is 2.54 bits per heavy atom. The first-order valence-electron chi connectivity index (χ1n) is 7.64. The van der Waals surface area contributed by atoms with Crippen molar-refractivity contribution in [1.82, 2.24) is 0 Å². The van der Waals surface area contributed by atoms with E-state index in [0.29, 0.717) is 5.56 Å². The Bertz CT molecular complexity index is 675. The van der Waals surface area contributed by atoms with Gasteiger partial charge in [-0.1, -0.05) is 18.2 Å². The van der Waals surface area contributed by atoms with Crippen molar-refractivity contribution in [2.24, 2.45) is 5.73 Å². The van der Waals surface area contributed by atoms with Crippen LogP contribution in [-0.4, -0.2) is 18.6 Å². The molecular weight excluding hydrogens is 314 g/mol. The minimum absolute atomic E-state index is 0.156. The summed E-state index contributed by atoms with van der Waals surface area (Å²) in [7, 11) is 0. The smallest absolute Gasteiger partial charge is 0.387 e. The van der Waals surface area contributed by atoms with Crippen LogP contribution in [0.15, 0.2) is 48.5 Å². The molecule has 4 nitrogen and oxygen atoms in total. The van der Waals surface area contributed by atoms with Gasteiger partial charge in [0.2, 0.25) is 5.91 Å². The lowest BCUT2D eigenvalue weighted by atomic mass is 10.1. The molecule has 2 aromatic rings. The van der Waals surface area contributed by atoms with Gasteiger partial charge in [-0.3, -0.25) is 4.79 Å². The number of amides is 1. The molecule has 0 bridgehead atoms. The SMILES string of the molecule is CC(CCc1ccc(OC(F)F)cc1)Nc1cccc(C(N)=O)c1. The molecule has 0 aliphatic rings. The van der Waals surface area contributed by atoms with Crippen molar-refractivity contribution >= 4 is 11.6 Å². The maximum absolute atomic E-state index is 12.1. The Kier molecular flexibility index (Phi) is 6.12. The minimum atomic E-state index is -2.81. The van der Waals surface area contributed by atoms with Crippen LogP contribution in [0.2, 0.25) is 0 Å². The van der Waals surface area contributed by atoms with Gasteiger partial charge in [0, 0.05) is 17.3 Å². The van der Waals surface area contributed by atoms with Gasteiger partial charge >= 0.3 is 6.61 Å². The van der Waals surface area contributed by atoms with Crippen molar-refractivity contribution in [3.8, 4) is 5.75 Å². The average Bonchev–Trinajstić information content (AvgIpc) is 2.54. The zero-order valence-electron chi connectivity index (χ0n) is 13.3. The van der Waals surface area contributed by atoms with E-state index < -0.39 is 12.5 Å². The highest BCUT2D eigenvalue weighted by atomic mass is 19.3. The lowest BCUT2D eigenvalue weighted by Crippen LogP contribution is -2.17. The summed E-state index contributed by atoms with van der Waals surface area (Å²) in [6.07, 6.45) is 1.63. The summed E-state index contributed by atoms with van der Waals surface area (Å²) in [5.74, 6) is -0.305. The minimum Gasteiger partial charge on any atom is -0.435 e. The summed E-state index contributed by atoms with van der Waals surface area (Å²) in [4.78, 5) is 11.2. The number of ether oxygens (including phenoxy) is 1. The Morgan fingerprint density at radius 1 is 1.21 bits per heavy atom. The highest BCUT2D eigenvalue weighted by molar-refractivity contribution is 5.93. The molecule has 128 valence electrons. The molecule has 1 amide bonds. The molecule has 0 fully saturated rings. The van der Waals surface area contributed by atoms with Crippen LogP contribution in [0.1, 0.15) is 29.3 Å². The third kappa shape index (κ3) is 5.53. The summed E-state index contributed by atoms with van der Waals surface area (Å²) >= 11 is 0. The van der Waals surface area contributed by atoms with Gasteiger partial charge < -0.3 is 15.8 Å². The molecule has 0 saturated heterocycles. The van der Waals surface area contributed by atoms with Gasteiger partial charge in [-0.15, -0.1) is 0 Å². The largest absolute Gasteiger partial charge is 0.435 e. The third-order valence-electron chi connectivity index (χ3n) is 3.57. The zero-order valence-corrected chi connectivity index (χ0v) is 13.3. The molecule has 0 saturated carbocycles. The molecule has 0 aliphatic carbocycles. The third-order valence-corrected chi connectivity index (χ3v) is 3.57. The molecule has 0 radical (unpaired) electrons. The second-order valence-electron chi connectivity index (χ2n) is 5.55. The molecule has 1 atom stereocenters. The lowest BCUT2D eigenvalue weighted by Gasteiger charge is -2.16. The summed E-state index contributed by atoms with van der Waals surface area (Å²) in [5, 5.41) is 3.31. The molecule has 1 unspecified atom stereocenters. The monoisotopic (exact) mass is 334 g/mol. The van der Waals surface area contributed by atoms with Crippen molar-refractivity contribution in [2.45, 2.75) is 32.4 Å². The van der Waals surface area contributed by atoms with Crippen LogP contribution >= 0.6 is 0 Å². The van der Waals surface area contributed by atoms with Gasteiger partial charge in [0.15, 0.2) is 0 Å². The number of halogens is 2. The molecule has 24 heavy (non-hydrogen) atoms. The number of hydrogen-bond acceptors (Lipinski definition) is 3. The molecule has 6 heteroatoms. The topological polar surface area (TPSA) is 64.3 Å². The number of primary amides is 1. The van der Waals surface area contributed by atoms with Crippen molar-refractivity contribution in [3.05, 3.63) is 59.7 Å². The maximum atomic E-state index is 12.1. The zero-order chi connectivity index (χ0) is 17.5. The first kappa shape index (κ1) is 17.7. The van der Waals surface area contributed by atoms with E-state index in [2.05, 4.69) is 10.1 Å². The highest BCUT2D eigenvalue weighted by Gasteiger charge is 2.07. The van der Waals surface area contributed by atoms with E-state index in [9.17, 15) is 13.6 Å². The molecule has 0 spiro atoms. The number of rotatable bonds is 8. The Balaban J connectivity index is 1.85. The average molecular weight is 334 g/mol. The van der Waals surface area contributed by atoms with Crippen LogP contribution in [-0.2, 0) is 6.42 Å². The van der Waals surface area contributed by atoms with E-state index >= 15 is 0 Å². The van der Waals surface area contributed by atoms with Crippen LogP contribution in [0.5, 0.6) is 5.75 Å². The fourth-order valence-corrected chi connectivity index (χ4v) is 2.34. The molecule has 3 N–H and O–H groups in total. The van der Waals surface area contributed by atoms with E-state index in [1.807, 2.05) is 13.0 Å². The van der Waals surface area contributed by atoms with Gasteiger partial charge in [0.05, 0.1) is 0 Å². The van der Waals surface area contributed by atoms with Crippen LogP contribution < -0.4 is 15.8 Å². The van der Waals surface area contributed by atoms with E-state index in [1.54, 1.807) is 30.3 Å². The summed E-state index contributed by atoms with van der Waals surface area (Å²) in [5.41, 5.74) is 7.60. The van der Waals surface area contributed by atoms with E-state index in [0.717, 1.165) is 24.1 Å². The van der Waals surface area contributed by atoms with Gasteiger partial charge in [-0.25, -0.2) is 0 Å². The van der Waals surface area contributed by atoms with Crippen molar-refractivity contribution in [2.75, 3.05) is 5.32 Å². The number of benzene rings is 2. The quantitative estimate of drug-likeness (QED) is 0.771. The van der Waals surface area contributed by atoms with E-state index in [-0.39, 0.29) is 11.8 Å². The predicted molar refractivity (Wildman–Crippen MR) is 89.4 cm³/mol. The van der Waals surface area contributed by atoms with E-state index in [1.165, 1.54) is 12.1 Å². The lowest BCUT2D eigenvalue weighted by molar-refractivity contribution is -0.0498. The molecule has 0 aliphatic heterocycles. The van der Waals surface area contributed by atoms with Crippen LogP contribution in [0.3, 0.4) is 0 Å². The second-order valence-corrected chi connectivity index (χ2v) is 5.55. The maximum Gasteiger partial charge on any atom is 0.387 e. The molecule has 0 heterocycles. The molecule has 0 aromatic heterocycles. The number of anilines is 1. The second kappa shape index (κ2) is 8.29. The molecule has 2 aromatic carbocycles. The van der Waals surface area contributed by atoms with E-state index in [4.69, 9.17) is 5.73 Å². The Morgan fingerprint density at radius 2 is 1.92 bits per heavy atom. The molecule has 2 rings (SSSR count). The van der Waals surface area contributed by atoms with Gasteiger partial charge in [-0.05, 0) is 55.7 Å². The fourth-order valence-electron chi connectivity index (χ4n) is 2.34. The number of nitrogens with two attached hydrogens (primary N) is 1. The summed E-state index contributed by atoms with van der Waals surface area (Å²) in [6.45, 7) is -0.776. The van der Waals surface area contributed by atoms with Crippen molar-refractivity contribution in [3.63, 3.8) is 0 Å². The normalized spacial score (nSPS) is 12.0. The first-order valence-corrected chi connectivity index (χ1v) is 7.64. The number of carbonyl (C=O) groups excluding carboxylic acids is 1. The number of carbonyl (C=O) groups is 1. The van der Waals surface area contributed by atoms with Crippen LogP contribution in [0, 0.1) is 0 Å². The predicted octanol–water partition coefficient (Wildman–Crippen LogP) is 3.82. The number of nitrogens with one attached hydrogen (secondary N) is 1.